The summed E-state index contributed by atoms with van der Waals surface area (Å²) in [5, 5.41) is 0. The third-order valence-electron chi connectivity index (χ3n) is 0. The molecule has 0 aliphatic rings. The maximum Gasteiger partial charge on any atom is -0.0195 e. The standard InChI is InChI=1S/C5H12.C3H6.CH5N/c1-5(2,3)4;1-3-2;1-2/h1-4H3;3H,1H2,2H3;2H2,1H3. The molecule has 0 fully saturated rings. The summed E-state index contributed by atoms with van der Waals surface area (Å²) in [6.45, 7) is 14.0. The minimum Gasteiger partial charge on any atom is -0.333 e. The van der Waals surface area contributed by atoms with Crippen LogP contribution in [0.3, 0.4) is 0 Å². The van der Waals surface area contributed by atoms with Crippen LogP contribution in [0.25, 0.3) is 0 Å². The van der Waals surface area contributed by atoms with Crippen LogP contribution in [-0.2, 0) is 0 Å². The first-order valence-corrected chi connectivity index (χ1v) is 3.56. The molecule has 0 saturated heterocycles. The molecule has 0 aromatic carbocycles. The van der Waals surface area contributed by atoms with E-state index in [0.717, 1.165) is 0 Å². The topological polar surface area (TPSA) is 26.0 Å². The highest BCUT2D eigenvalue weighted by atomic mass is 14.4. The Morgan fingerprint density at radius 3 is 1.10 bits per heavy atom. The van der Waals surface area contributed by atoms with Gasteiger partial charge in [-0.05, 0) is 19.4 Å². The van der Waals surface area contributed by atoms with Crippen LogP contribution >= 0.6 is 0 Å². The number of nitrogens with two attached hydrogens (primary N) is 1. The molecule has 2 N–H and O–H groups in total. The van der Waals surface area contributed by atoms with Gasteiger partial charge in [0, 0.05) is 0 Å². The van der Waals surface area contributed by atoms with E-state index < -0.39 is 0 Å². The molecular formula is C9H23N. The van der Waals surface area contributed by atoms with E-state index in [0.29, 0.717) is 5.41 Å². The van der Waals surface area contributed by atoms with Crippen LogP contribution in [0.1, 0.15) is 34.6 Å². The van der Waals surface area contributed by atoms with Gasteiger partial charge in [-0.15, -0.1) is 6.58 Å². The van der Waals surface area contributed by atoms with Crippen LogP contribution < -0.4 is 5.73 Å². The minimum atomic E-state index is 0.500. The summed E-state index contributed by atoms with van der Waals surface area (Å²) in [6.07, 6.45) is 1.75. The van der Waals surface area contributed by atoms with Gasteiger partial charge in [-0.25, -0.2) is 0 Å². The second-order valence-corrected chi connectivity index (χ2v) is 3.41. The second-order valence-electron chi connectivity index (χ2n) is 3.41. The SMILES string of the molecule is C=CC.CC(C)(C)C.CN. The average molecular weight is 145 g/mol. The first kappa shape index (κ1) is 16.4. The van der Waals surface area contributed by atoms with E-state index in [9.17, 15) is 0 Å². The lowest BCUT2D eigenvalue weighted by Gasteiger charge is -2.05. The van der Waals surface area contributed by atoms with Crippen LogP contribution in [0, 0.1) is 5.41 Å². The van der Waals surface area contributed by atoms with E-state index in [1.807, 2.05) is 6.92 Å². The first-order valence-electron chi connectivity index (χ1n) is 3.56. The van der Waals surface area contributed by atoms with Crippen LogP contribution in [-0.4, -0.2) is 7.05 Å². The van der Waals surface area contributed by atoms with Crippen molar-refractivity contribution in [3.05, 3.63) is 12.7 Å². The van der Waals surface area contributed by atoms with Gasteiger partial charge in [0.05, 0.1) is 0 Å². The van der Waals surface area contributed by atoms with Crippen LogP contribution in [0.4, 0.5) is 0 Å². The quantitative estimate of drug-likeness (QED) is 0.521. The van der Waals surface area contributed by atoms with Crippen molar-refractivity contribution < 1.29 is 0 Å². The fourth-order valence-corrected chi connectivity index (χ4v) is 0. The molecule has 0 aliphatic carbocycles. The minimum absolute atomic E-state index is 0.500. The van der Waals surface area contributed by atoms with Crippen LogP contribution in [0.5, 0.6) is 0 Å². The van der Waals surface area contributed by atoms with Gasteiger partial charge in [0.25, 0.3) is 0 Å². The van der Waals surface area contributed by atoms with Crippen LogP contribution in [0.2, 0.25) is 0 Å². The molecule has 0 aromatic rings. The molecule has 64 valence electrons. The first-order chi connectivity index (χ1) is 4.41. The van der Waals surface area contributed by atoms with Crippen molar-refractivity contribution in [2.45, 2.75) is 34.6 Å². The second kappa shape index (κ2) is 11.5. The molecule has 0 aromatic heterocycles. The molecule has 0 radical (unpaired) electrons. The Hall–Kier alpha value is -0.300. The Labute approximate surface area is 66.3 Å². The van der Waals surface area contributed by atoms with Crippen molar-refractivity contribution in [1.29, 1.82) is 0 Å². The van der Waals surface area contributed by atoms with E-state index in [1.54, 1.807) is 6.08 Å². The highest BCUT2D eigenvalue weighted by Crippen LogP contribution is 2.07. The normalized spacial score (nSPS) is 7.90. The predicted molar refractivity (Wildman–Crippen MR) is 51.1 cm³/mol. The molecule has 0 spiro atoms. The maximum absolute atomic E-state index is 4.50. The molecule has 0 amide bonds. The summed E-state index contributed by atoms with van der Waals surface area (Å²) in [5.74, 6) is 0. The lowest BCUT2D eigenvalue weighted by Crippen LogP contribution is -1.93. The molecule has 0 atom stereocenters. The number of hydrogen-bond donors (Lipinski definition) is 1. The highest BCUT2D eigenvalue weighted by Gasteiger charge is 1.95. The van der Waals surface area contributed by atoms with Gasteiger partial charge in [0.2, 0.25) is 0 Å². The molecule has 10 heavy (non-hydrogen) atoms. The van der Waals surface area contributed by atoms with E-state index in [1.165, 1.54) is 7.05 Å². The number of allylic oxidation sites excluding steroid dienone is 1. The molecule has 0 bridgehead atoms. The molecule has 1 nitrogen and oxygen atoms in total. The number of hydrogen-bond acceptors (Lipinski definition) is 1. The molecule has 0 aliphatic heterocycles. The van der Waals surface area contributed by atoms with Gasteiger partial charge >= 0.3 is 0 Å². The molecule has 0 unspecified atom stereocenters. The monoisotopic (exact) mass is 145 g/mol. The highest BCUT2D eigenvalue weighted by molar-refractivity contribution is 4.51. The summed E-state index contributed by atoms with van der Waals surface area (Å²) in [4.78, 5) is 0. The average Bonchev–Trinajstić information content (AvgIpc) is 1.68. The summed E-state index contributed by atoms with van der Waals surface area (Å²) >= 11 is 0. The molecule has 1 heteroatoms. The van der Waals surface area contributed by atoms with Gasteiger partial charge in [0.15, 0.2) is 0 Å². The van der Waals surface area contributed by atoms with E-state index >= 15 is 0 Å². The van der Waals surface area contributed by atoms with Crippen molar-refractivity contribution in [3.8, 4) is 0 Å². The zero-order chi connectivity index (χ0) is 9.21. The third-order valence-corrected chi connectivity index (χ3v) is 0. The van der Waals surface area contributed by atoms with Gasteiger partial charge in [-0.3, -0.25) is 0 Å². The van der Waals surface area contributed by atoms with Gasteiger partial charge < -0.3 is 5.73 Å². The summed E-state index contributed by atoms with van der Waals surface area (Å²) < 4.78 is 0. The largest absolute Gasteiger partial charge is 0.333 e. The Balaban J connectivity index is -0.0000000847. The zero-order valence-electron chi connectivity index (χ0n) is 8.36. The van der Waals surface area contributed by atoms with Crippen molar-refractivity contribution >= 4 is 0 Å². The van der Waals surface area contributed by atoms with Crippen molar-refractivity contribution in [2.24, 2.45) is 11.1 Å². The summed E-state index contributed by atoms with van der Waals surface area (Å²) in [7, 11) is 1.50. The molecule has 0 heterocycles. The van der Waals surface area contributed by atoms with Gasteiger partial charge in [-0.2, -0.15) is 0 Å². The Morgan fingerprint density at radius 2 is 1.10 bits per heavy atom. The van der Waals surface area contributed by atoms with Crippen molar-refractivity contribution in [2.75, 3.05) is 7.05 Å². The third kappa shape index (κ3) is 3840. The lowest BCUT2D eigenvalue weighted by molar-refractivity contribution is 0.469. The fraction of sp³-hybridized carbons (Fsp3) is 0.778. The molecule has 0 saturated carbocycles. The van der Waals surface area contributed by atoms with E-state index in [2.05, 4.69) is 40.0 Å². The molecular weight excluding hydrogens is 122 g/mol. The lowest BCUT2D eigenvalue weighted by atomic mass is 10.0. The smallest absolute Gasteiger partial charge is 0.0195 e. The van der Waals surface area contributed by atoms with E-state index in [4.69, 9.17) is 0 Å². The number of rotatable bonds is 0. The predicted octanol–water partition coefficient (Wildman–Crippen LogP) is 2.82. The van der Waals surface area contributed by atoms with Crippen molar-refractivity contribution in [1.82, 2.24) is 0 Å². The Kier molecular flexibility index (Phi) is 18.8. The molecule has 0 rings (SSSR count). The summed E-state index contributed by atoms with van der Waals surface area (Å²) in [6, 6.07) is 0. The van der Waals surface area contributed by atoms with Crippen LogP contribution in [0.15, 0.2) is 12.7 Å². The Morgan fingerprint density at radius 1 is 1.10 bits per heavy atom. The van der Waals surface area contributed by atoms with Gasteiger partial charge in [-0.1, -0.05) is 33.8 Å². The van der Waals surface area contributed by atoms with E-state index in [-0.39, 0.29) is 0 Å². The van der Waals surface area contributed by atoms with Crippen molar-refractivity contribution in [3.63, 3.8) is 0 Å². The van der Waals surface area contributed by atoms with Gasteiger partial charge in [0.1, 0.15) is 0 Å². The Bertz CT molecular complexity index is 44.2. The fourth-order valence-electron chi connectivity index (χ4n) is 0. The zero-order valence-corrected chi connectivity index (χ0v) is 8.36. The maximum atomic E-state index is 4.50. The summed E-state index contributed by atoms with van der Waals surface area (Å²) in [5.41, 5.74) is 5.00.